The van der Waals surface area contributed by atoms with Crippen molar-refractivity contribution in [2.75, 3.05) is 0 Å². The van der Waals surface area contributed by atoms with Crippen LogP contribution in [-0.4, -0.2) is 14.5 Å². The second-order valence-corrected chi connectivity index (χ2v) is 3.16. The van der Waals surface area contributed by atoms with Gasteiger partial charge in [0.15, 0.2) is 0 Å². The lowest BCUT2D eigenvalue weighted by atomic mass is 10.4. The van der Waals surface area contributed by atoms with Crippen LogP contribution in [0.3, 0.4) is 0 Å². The Balaban J connectivity index is 2.88. The van der Waals surface area contributed by atoms with Crippen molar-refractivity contribution in [3.8, 4) is 0 Å². The van der Waals surface area contributed by atoms with E-state index in [1.54, 1.807) is 16.8 Å². The number of hydrogen-bond donors (Lipinski definition) is 0. The molecule has 0 aliphatic rings. The fraction of sp³-hybridized carbons (Fsp3) is 0.143. The van der Waals surface area contributed by atoms with E-state index in [2.05, 4.69) is 9.97 Å². The van der Waals surface area contributed by atoms with Gasteiger partial charge in [0.05, 0.1) is 11.7 Å². The van der Waals surface area contributed by atoms with Gasteiger partial charge in [0.2, 0.25) is 5.28 Å². The molecule has 2 rings (SSSR count). The maximum atomic E-state index is 5.79. The van der Waals surface area contributed by atoms with E-state index in [0.717, 1.165) is 11.0 Å². The monoisotopic (exact) mass is 201 g/mol. The average Bonchev–Trinajstić information content (AvgIpc) is 2.31. The molecule has 5 heteroatoms. The quantitative estimate of drug-likeness (QED) is 0.613. The second-order valence-electron chi connectivity index (χ2n) is 2.44. The topological polar surface area (TPSA) is 30.7 Å². The van der Waals surface area contributed by atoms with Gasteiger partial charge in [0, 0.05) is 13.1 Å². The molecule has 0 atom stereocenters. The van der Waals surface area contributed by atoms with Crippen molar-refractivity contribution >= 4 is 34.2 Å². The number of fused-ring (bicyclic) bond motifs is 1. The third-order valence-corrected chi connectivity index (χ3v) is 2.22. The van der Waals surface area contributed by atoms with Crippen LogP contribution in [0.4, 0.5) is 0 Å². The van der Waals surface area contributed by atoms with E-state index in [-0.39, 0.29) is 0 Å². The summed E-state index contributed by atoms with van der Waals surface area (Å²) >= 11 is 11.5. The van der Waals surface area contributed by atoms with Crippen molar-refractivity contribution in [2.45, 2.75) is 0 Å². The predicted molar refractivity (Wildman–Crippen MR) is 48.5 cm³/mol. The van der Waals surface area contributed by atoms with Gasteiger partial charge in [-0.1, -0.05) is 11.6 Å². The summed E-state index contributed by atoms with van der Waals surface area (Å²) in [5.74, 6) is 0. The molecule has 2 aromatic heterocycles. The van der Waals surface area contributed by atoms with Crippen molar-refractivity contribution in [1.29, 1.82) is 0 Å². The standard InChI is InChI=1S/C7H5Cl2N3/c1-12-5-2-6(8)10-3-4(5)11-7(12)9/h2-3H,1H3. The fourth-order valence-electron chi connectivity index (χ4n) is 1.04. The van der Waals surface area contributed by atoms with E-state index in [4.69, 9.17) is 23.2 Å². The third kappa shape index (κ3) is 1.06. The molecule has 0 amide bonds. The summed E-state index contributed by atoms with van der Waals surface area (Å²) < 4.78 is 1.75. The Morgan fingerprint density at radius 1 is 1.42 bits per heavy atom. The summed E-state index contributed by atoms with van der Waals surface area (Å²) in [7, 11) is 1.83. The molecule has 0 spiro atoms. The van der Waals surface area contributed by atoms with Crippen molar-refractivity contribution in [3.63, 3.8) is 0 Å². The van der Waals surface area contributed by atoms with Gasteiger partial charge < -0.3 is 4.57 Å². The highest BCUT2D eigenvalue weighted by Gasteiger charge is 2.05. The van der Waals surface area contributed by atoms with Gasteiger partial charge in [0.25, 0.3) is 0 Å². The van der Waals surface area contributed by atoms with E-state index >= 15 is 0 Å². The smallest absolute Gasteiger partial charge is 0.203 e. The minimum atomic E-state index is 0.439. The lowest BCUT2D eigenvalue weighted by molar-refractivity contribution is 0.948. The molecule has 0 aliphatic carbocycles. The van der Waals surface area contributed by atoms with Gasteiger partial charge in [-0.15, -0.1) is 0 Å². The first-order valence-electron chi connectivity index (χ1n) is 3.32. The first kappa shape index (κ1) is 7.83. The van der Waals surface area contributed by atoms with E-state index in [1.807, 2.05) is 7.05 Å². The Labute approximate surface area is 78.9 Å². The van der Waals surface area contributed by atoms with Crippen LogP contribution in [0, 0.1) is 0 Å². The van der Waals surface area contributed by atoms with Gasteiger partial charge in [-0.05, 0) is 11.6 Å². The zero-order valence-corrected chi connectivity index (χ0v) is 7.76. The summed E-state index contributed by atoms with van der Waals surface area (Å²) in [5, 5.41) is 0.885. The normalized spacial score (nSPS) is 10.9. The van der Waals surface area contributed by atoms with E-state index in [1.165, 1.54) is 0 Å². The van der Waals surface area contributed by atoms with Crippen LogP contribution in [0.25, 0.3) is 11.0 Å². The Bertz CT molecular complexity index is 435. The second kappa shape index (κ2) is 2.61. The molecule has 3 nitrogen and oxygen atoms in total. The highest BCUT2D eigenvalue weighted by molar-refractivity contribution is 6.30. The molecule has 0 radical (unpaired) electrons. The molecule has 2 aromatic rings. The van der Waals surface area contributed by atoms with Crippen LogP contribution in [0.15, 0.2) is 12.3 Å². The van der Waals surface area contributed by atoms with Crippen molar-refractivity contribution in [3.05, 3.63) is 22.7 Å². The van der Waals surface area contributed by atoms with Crippen LogP contribution < -0.4 is 0 Å². The lowest BCUT2D eigenvalue weighted by Gasteiger charge is -1.94. The molecule has 12 heavy (non-hydrogen) atoms. The number of imidazole rings is 1. The largest absolute Gasteiger partial charge is 0.318 e. The summed E-state index contributed by atoms with van der Waals surface area (Å²) in [5.41, 5.74) is 1.65. The minimum absolute atomic E-state index is 0.439. The van der Waals surface area contributed by atoms with Crippen molar-refractivity contribution < 1.29 is 0 Å². The number of hydrogen-bond acceptors (Lipinski definition) is 2. The minimum Gasteiger partial charge on any atom is -0.318 e. The summed E-state index contributed by atoms with van der Waals surface area (Å²) in [6.45, 7) is 0. The Kier molecular flexibility index (Phi) is 1.70. The number of aryl methyl sites for hydroxylation is 1. The maximum absolute atomic E-state index is 5.79. The van der Waals surface area contributed by atoms with E-state index < -0.39 is 0 Å². The molecule has 0 fully saturated rings. The zero-order chi connectivity index (χ0) is 8.72. The van der Waals surface area contributed by atoms with E-state index in [0.29, 0.717) is 10.4 Å². The summed E-state index contributed by atoms with van der Waals surface area (Å²) in [6, 6.07) is 1.73. The molecule has 0 saturated carbocycles. The number of rotatable bonds is 0. The first-order chi connectivity index (χ1) is 5.68. The molecule has 0 bridgehead atoms. The highest BCUT2D eigenvalue weighted by atomic mass is 35.5. The molecule has 0 unspecified atom stereocenters. The molecule has 0 aliphatic heterocycles. The van der Waals surface area contributed by atoms with Crippen LogP contribution in [0.2, 0.25) is 10.4 Å². The van der Waals surface area contributed by atoms with Crippen LogP contribution >= 0.6 is 23.2 Å². The molecular weight excluding hydrogens is 197 g/mol. The Hall–Kier alpha value is -0.800. The van der Waals surface area contributed by atoms with Gasteiger partial charge in [-0.3, -0.25) is 0 Å². The SMILES string of the molecule is Cn1c(Cl)nc2cnc(Cl)cc21. The summed E-state index contributed by atoms with van der Waals surface area (Å²) in [4.78, 5) is 7.95. The fourth-order valence-corrected chi connectivity index (χ4v) is 1.38. The number of halogens is 2. The number of nitrogens with zero attached hydrogens (tertiary/aromatic N) is 3. The number of pyridine rings is 1. The van der Waals surface area contributed by atoms with Gasteiger partial charge >= 0.3 is 0 Å². The predicted octanol–water partition coefficient (Wildman–Crippen LogP) is 2.28. The maximum Gasteiger partial charge on any atom is 0.203 e. The highest BCUT2D eigenvalue weighted by Crippen LogP contribution is 2.19. The van der Waals surface area contributed by atoms with Crippen LogP contribution in [0.1, 0.15) is 0 Å². The van der Waals surface area contributed by atoms with Crippen molar-refractivity contribution in [2.24, 2.45) is 7.05 Å². The number of aromatic nitrogens is 3. The molecule has 0 N–H and O–H groups in total. The molecule has 0 saturated heterocycles. The molecule has 0 aromatic carbocycles. The van der Waals surface area contributed by atoms with Crippen LogP contribution in [-0.2, 0) is 7.05 Å². The zero-order valence-electron chi connectivity index (χ0n) is 6.25. The van der Waals surface area contributed by atoms with Crippen LogP contribution in [0.5, 0.6) is 0 Å². The Morgan fingerprint density at radius 2 is 2.17 bits per heavy atom. The first-order valence-corrected chi connectivity index (χ1v) is 4.07. The molecule has 62 valence electrons. The van der Waals surface area contributed by atoms with Crippen molar-refractivity contribution in [1.82, 2.24) is 14.5 Å². The average molecular weight is 202 g/mol. The van der Waals surface area contributed by atoms with Gasteiger partial charge in [0.1, 0.15) is 10.7 Å². The lowest BCUT2D eigenvalue weighted by Crippen LogP contribution is -1.86. The summed E-state index contributed by atoms with van der Waals surface area (Å²) in [6.07, 6.45) is 1.60. The molecular formula is C7H5Cl2N3. The third-order valence-electron chi connectivity index (χ3n) is 1.68. The molecule has 2 heterocycles. The van der Waals surface area contributed by atoms with Gasteiger partial charge in [-0.25, -0.2) is 9.97 Å². The Morgan fingerprint density at radius 3 is 2.92 bits per heavy atom. The van der Waals surface area contributed by atoms with Gasteiger partial charge in [-0.2, -0.15) is 0 Å². The van der Waals surface area contributed by atoms with E-state index in [9.17, 15) is 0 Å².